The molecule has 16 heavy (non-hydrogen) atoms. The zero-order valence-electron chi connectivity index (χ0n) is 10.2. The predicted molar refractivity (Wildman–Crippen MR) is 78.0 cm³/mol. The number of rotatable bonds is 4. The first kappa shape index (κ1) is 13.5. The Morgan fingerprint density at radius 2 is 1.88 bits per heavy atom. The van der Waals surface area contributed by atoms with Crippen molar-refractivity contribution in [3.8, 4) is 0 Å². The molecule has 1 aromatic rings. The fraction of sp³-hybridized carbons (Fsp3) is 0.462. The summed E-state index contributed by atoms with van der Waals surface area (Å²) >= 11 is 7.16. The standard InChI is InChI=1S/C13H19NS2/c1-4-14(5-2)13(15)16-10-12-9-7-6-8-11(12)3/h6-9H,4-5,10H2,1-3H3. The average molecular weight is 253 g/mol. The lowest BCUT2D eigenvalue weighted by molar-refractivity contribution is 0.482. The molecule has 0 bridgehead atoms. The second-order valence-electron chi connectivity index (χ2n) is 3.65. The Morgan fingerprint density at radius 3 is 2.44 bits per heavy atom. The second kappa shape index (κ2) is 6.92. The van der Waals surface area contributed by atoms with E-state index in [0.29, 0.717) is 0 Å². The van der Waals surface area contributed by atoms with Gasteiger partial charge in [0.25, 0.3) is 0 Å². The third-order valence-corrected chi connectivity index (χ3v) is 4.21. The van der Waals surface area contributed by atoms with Gasteiger partial charge in [-0.2, -0.15) is 0 Å². The minimum Gasteiger partial charge on any atom is -0.358 e. The molecular formula is C13H19NS2. The highest BCUT2D eigenvalue weighted by molar-refractivity contribution is 8.22. The predicted octanol–water partition coefficient (Wildman–Crippen LogP) is 3.85. The van der Waals surface area contributed by atoms with Crippen molar-refractivity contribution < 1.29 is 0 Å². The van der Waals surface area contributed by atoms with Gasteiger partial charge in [0, 0.05) is 18.8 Å². The van der Waals surface area contributed by atoms with Gasteiger partial charge in [0.15, 0.2) is 0 Å². The molecule has 0 spiro atoms. The Balaban J connectivity index is 2.52. The summed E-state index contributed by atoms with van der Waals surface area (Å²) in [6, 6.07) is 8.49. The zero-order valence-corrected chi connectivity index (χ0v) is 11.8. The molecule has 0 atom stereocenters. The van der Waals surface area contributed by atoms with E-state index in [1.807, 2.05) is 0 Å². The highest BCUT2D eigenvalue weighted by Crippen LogP contribution is 2.18. The van der Waals surface area contributed by atoms with Crippen LogP contribution >= 0.6 is 24.0 Å². The van der Waals surface area contributed by atoms with Crippen LogP contribution in [0.5, 0.6) is 0 Å². The lowest BCUT2D eigenvalue weighted by atomic mass is 10.1. The van der Waals surface area contributed by atoms with E-state index in [1.165, 1.54) is 11.1 Å². The van der Waals surface area contributed by atoms with E-state index < -0.39 is 0 Å². The summed E-state index contributed by atoms with van der Waals surface area (Å²) in [5.74, 6) is 0.974. The Morgan fingerprint density at radius 1 is 1.25 bits per heavy atom. The van der Waals surface area contributed by atoms with Gasteiger partial charge in [0.05, 0.1) is 0 Å². The summed E-state index contributed by atoms with van der Waals surface area (Å²) in [6.07, 6.45) is 0. The number of aryl methyl sites for hydroxylation is 1. The van der Waals surface area contributed by atoms with Crippen LogP contribution in [0.1, 0.15) is 25.0 Å². The third kappa shape index (κ3) is 3.80. The summed E-state index contributed by atoms with van der Waals surface area (Å²) < 4.78 is 1.01. The lowest BCUT2D eigenvalue weighted by Crippen LogP contribution is -2.26. The molecule has 1 rings (SSSR count). The summed E-state index contributed by atoms with van der Waals surface area (Å²) in [6.45, 7) is 8.43. The van der Waals surface area contributed by atoms with Crippen LogP contribution < -0.4 is 0 Å². The topological polar surface area (TPSA) is 3.24 Å². The SMILES string of the molecule is CCN(CC)C(=S)SCc1ccccc1C. The maximum Gasteiger partial charge on any atom is 0.136 e. The van der Waals surface area contributed by atoms with Crippen LogP contribution in [0, 0.1) is 6.92 Å². The first-order valence-corrected chi connectivity index (χ1v) is 7.04. The molecule has 3 heteroatoms. The second-order valence-corrected chi connectivity index (χ2v) is 5.26. The molecule has 0 aliphatic carbocycles. The number of nitrogens with zero attached hydrogens (tertiary/aromatic N) is 1. The number of hydrogen-bond donors (Lipinski definition) is 0. The van der Waals surface area contributed by atoms with E-state index in [9.17, 15) is 0 Å². The number of thiocarbonyl (C=S) groups is 1. The summed E-state index contributed by atoms with van der Waals surface area (Å²) in [4.78, 5) is 2.22. The molecule has 0 heterocycles. The van der Waals surface area contributed by atoms with Crippen molar-refractivity contribution in [3.05, 3.63) is 35.4 Å². The van der Waals surface area contributed by atoms with Crippen molar-refractivity contribution >= 4 is 28.3 Å². The van der Waals surface area contributed by atoms with Crippen LogP contribution in [0.4, 0.5) is 0 Å². The highest BCUT2D eigenvalue weighted by atomic mass is 32.2. The van der Waals surface area contributed by atoms with Crippen LogP contribution in [0.15, 0.2) is 24.3 Å². The maximum atomic E-state index is 5.41. The molecule has 0 radical (unpaired) electrons. The van der Waals surface area contributed by atoms with Gasteiger partial charge < -0.3 is 4.90 Å². The fourth-order valence-electron chi connectivity index (χ4n) is 1.48. The number of hydrogen-bond acceptors (Lipinski definition) is 2. The zero-order chi connectivity index (χ0) is 12.0. The van der Waals surface area contributed by atoms with E-state index in [4.69, 9.17) is 12.2 Å². The number of benzene rings is 1. The maximum absolute atomic E-state index is 5.41. The fourth-order valence-corrected chi connectivity index (χ4v) is 2.96. The largest absolute Gasteiger partial charge is 0.358 e. The van der Waals surface area contributed by atoms with E-state index in [2.05, 4.69) is 49.9 Å². The van der Waals surface area contributed by atoms with Gasteiger partial charge in [-0.25, -0.2) is 0 Å². The normalized spacial score (nSPS) is 10.2. The Labute approximate surface area is 108 Å². The van der Waals surface area contributed by atoms with Crippen LogP contribution in [0.2, 0.25) is 0 Å². The molecule has 0 unspecified atom stereocenters. The van der Waals surface area contributed by atoms with Gasteiger partial charge in [0.1, 0.15) is 4.32 Å². The van der Waals surface area contributed by atoms with Gasteiger partial charge >= 0.3 is 0 Å². The molecule has 0 aliphatic rings. The molecular weight excluding hydrogens is 234 g/mol. The van der Waals surface area contributed by atoms with E-state index in [0.717, 1.165) is 23.2 Å². The van der Waals surface area contributed by atoms with Crippen molar-refractivity contribution in [1.29, 1.82) is 0 Å². The first-order valence-electron chi connectivity index (χ1n) is 5.65. The lowest BCUT2D eigenvalue weighted by Gasteiger charge is -2.21. The van der Waals surface area contributed by atoms with Gasteiger partial charge in [-0.3, -0.25) is 0 Å². The van der Waals surface area contributed by atoms with Gasteiger partial charge in [-0.05, 0) is 31.9 Å². The molecule has 1 aromatic carbocycles. The van der Waals surface area contributed by atoms with Crippen molar-refractivity contribution in [2.24, 2.45) is 0 Å². The monoisotopic (exact) mass is 253 g/mol. The molecule has 1 nitrogen and oxygen atoms in total. The van der Waals surface area contributed by atoms with Crippen LogP contribution in [-0.4, -0.2) is 22.3 Å². The first-order chi connectivity index (χ1) is 7.69. The molecule has 0 N–H and O–H groups in total. The molecule has 88 valence electrons. The van der Waals surface area contributed by atoms with Crippen molar-refractivity contribution in [2.75, 3.05) is 13.1 Å². The van der Waals surface area contributed by atoms with Crippen LogP contribution in [-0.2, 0) is 5.75 Å². The van der Waals surface area contributed by atoms with E-state index in [-0.39, 0.29) is 0 Å². The van der Waals surface area contributed by atoms with Gasteiger partial charge in [0.2, 0.25) is 0 Å². The summed E-state index contributed by atoms with van der Waals surface area (Å²) in [5.41, 5.74) is 2.72. The van der Waals surface area contributed by atoms with Gasteiger partial charge in [-0.1, -0.05) is 48.2 Å². The smallest absolute Gasteiger partial charge is 0.136 e. The van der Waals surface area contributed by atoms with Gasteiger partial charge in [-0.15, -0.1) is 0 Å². The molecule has 0 saturated carbocycles. The van der Waals surface area contributed by atoms with Crippen molar-refractivity contribution in [1.82, 2.24) is 4.90 Å². The van der Waals surface area contributed by atoms with E-state index >= 15 is 0 Å². The molecule has 0 fully saturated rings. The average Bonchev–Trinajstić information content (AvgIpc) is 2.29. The molecule has 0 amide bonds. The quantitative estimate of drug-likeness (QED) is 0.750. The Bertz CT molecular complexity index is 346. The number of thioether (sulfide) groups is 1. The minimum absolute atomic E-state index is 0.974. The molecule has 0 aliphatic heterocycles. The van der Waals surface area contributed by atoms with Crippen LogP contribution in [0.25, 0.3) is 0 Å². The van der Waals surface area contributed by atoms with Crippen molar-refractivity contribution in [3.63, 3.8) is 0 Å². The highest BCUT2D eigenvalue weighted by Gasteiger charge is 2.06. The van der Waals surface area contributed by atoms with Crippen molar-refractivity contribution in [2.45, 2.75) is 26.5 Å². The Hall–Kier alpha value is -0.540. The van der Waals surface area contributed by atoms with E-state index in [1.54, 1.807) is 11.8 Å². The molecule has 0 saturated heterocycles. The minimum atomic E-state index is 0.974. The summed E-state index contributed by atoms with van der Waals surface area (Å²) in [5, 5.41) is 0. The van der Waals surface area contributed by atoms with Crippen LogP contribution in [0.3, 0.4) is 0 Å². The molecule has 0 aromatic heterocycles. The Kier molecular flexibility index (Phi) is 5.85. The third-order valence-electron chi connectivity index (χ3n) is 2.63. The summed E-state index contributed by atoms with van der Waals surface area (Å²) in [7, 11) is 0.